The van der Waals surface area contributed by atoms with Crippen LogP contribution in [0, 0.1) is 0 Å². The van der Waals surface area contributed by atoms with Crippen molar-refractivity contribution < 1.29 is 63.3 Å². The Balaban J connectivity index is 0.000000166. The van der Waals surface area contributed by atoms with Crippen LogP contribution in [0.4, 0.5) is 26.3 Å². The smallest absolute Gasteiger partial charge is 0.426 e. The van der Waals surface area contributed by atoms with E-state index in [0.29, 0.717) is 45.2 Å². The van der Waals surface area contributed by atoms with Crippen LogP contribution in [0.25, 0.3) is 0 Å². The number of sulfonamides is 3. The van der Waals surface area contributed by atoms with Crippen LogP contribution in [0.1, 0.15) is 19.3 Å². The molecule has 5 aromatic heterocycles. The van der Waals surface area contributed by atoms with Gasteiger partial charge in [-0.3, -0.25) is 5.32 Å². The fraction of sp³-hybridized carbons (Fsp3) is 0.220. The van der Waals surface area contributed by atoms with Gasteiger partial charge in [-0.25, -0.2) is 88.2 Å². The fourth-order valence-electron chi connectivity index (χ4n) is 6.22. The number of urea groups is 1. The molecule has 2 aromatic carbocycles. The lowest BCUT2D eigenvalue weighted by Crippen LogP contribution is -2.35. The highest BCUT2D eigenvalue weighted by atomic mass is 35.5. The number of ether oxygens (including phenoxy) is 5. The molecule has 416 valence electrons. The first kappa shape index (κ1) is 59.9. The predicted molar refractivity (Wildman–Crippen MR) is 277 cm³/mol. The first-order valence-electron chi connectivity index (χ1n) is 21.8. The number of aromatic nitrogens is 10. The molecule has 29 nitrogen and oxygen atoms in total. The summed E-state index contributed by atoms with van der Waals surface area (Å²) in [7, 11) is -12.0. The van der Waals surface area contributed by atoms with Crippen molar-refractivity contribution in [3.63, 3.8) is 0 Å². The lowest BCUT2D eigenvalue weighted by atomic mass is 10.3. The Bertz CT molecular complexity index is 3510. The monoisotopic (exact) mass is 1240 g/mol. The van der Waals surface area contributed by atoms with E-state index in [0.717, 1.165) is 31.7 Å². The van der Waals surface area contributed by atoms with Gasteiger partial charge >= 0.3 is 17.6 Å². The number of amides is 3. The van der Waals surface area contributed by atoms with Crippen molar-refractivity contribution in [3.8, 4) is 29.1 Å². The number of para-hydroxylation sites is 2. The second-order valence-electron chi connectivity index (χ2n) is 15.0. The first-order valence-corrected chi connectivity index (χ1v) is 28.2. The molecule has 0 unspecified atom stereocenters. The molecular formula is C41H40Cl5N15O14S3. The van der Waals surface area contributed by atoms with Crippen LogP contribution in [-0.2, 0) is 49.7 Å². The summed E-state index contributed by atoms with van der Waals surface area (Å²) in [6.45, 7) is 3.06. The number of hydrogen-bond acceptors (Lipinski definition) is 22. The number of carbonyl (C=O) groups excluding carboxylic acids is 3. The van der Waals surface area contributed by atoms with Crippen LogP contribution in [0.2, 0.25) is 20.6 Å². The van der Waals surface area contributed by atoms with Gasteiger partial charge in [0.2, 0.25) is 39.6 Å². The lowest BCUT2D eigenvalue weighted by Gasteiger charge is -2.16. The molecule has 37 heteroatoms. The van der Waals surface area contributed by atoms with Crippen molar-refractivity contribution in [2.75, 3.05) is 30.9 Å². The van der Waals surface area contributed by atoms with E-state index >= 15 is 0 Å². The Morgan fingerprint density at radius 2 is 0.949 bits per heavy atom. The summed E-state index contributed by atoms with van der Waals surface area (Å²) in [6.07, 6.45) is 4.69. The Labute approximate surface area is 467 Å². The van der Waals surface area contributed by atoms with Gasteiger partial charge in [0, 0.05) is 62.6 Å². The Morgan fingerprint density at radius 3 is 1.36 bits per heavy atom. The van der Waals surface area contributed by atoms with E-state index in [1.165, 1.54) is 44.5 Å². The number of nitrogens with one attached hydrogen (secondary N) is 3. The number of fused-ring (bicyclic) bond motifs is 3. The zero-order valence-corrected chi connectivity index (χ0v) is 45.7. The van der Waals surface area contributed by atoms with Crippen molar-refractivity contribution in [2.24, 2.45) is 5.14 Å². The number of nitrogens with two attached hydrogens (primary N) is 2. The number of halogens is 5. The third-order valence-electron chi connectivity index (χ3n) is 9.33. The van der Waals surface area contributed by atoms with Crippen LogP contribution in [0.15, 0.2) is 106 Å². The van der Waals surface area contributed by atoms with Gasteiger partial charge in [0.05, 0.1) is 38.4 Å². The third kappa shape index (κ3) is 17.9. The Hall–Kier alpha value is -7.30. The molecule has 0 radical (unpaired) electrons. The quantitative estimate of drug-likeness (QED) is 0.0923. The standard InChI is InChI=1S/C13H13N3O5S.C11H10Cl2N6O4S.C7H5ClO2.C6H9N3O3S.C4H3Cl2N3/c17-13(21-10-5-2-1-3-6-10)15-22(18,19)11-9-14-16-7-4-8-20-12(11)16;12-7-4-8(13)16-10(15-7)17-11(20)18-24(21,22)6-5-14-19-2-1-3-23-9(6)19;8-7(9)10-6-4-2-1-3-5-6;7-13(10,11)5-4-8-9-2-1-3-12-6(5)9;5-2-1-3(6)9-4(7)8-2/h1-3,5-6,9H,4,7-8H2,(H,15,17);4-5H,1-3H2,(H2,15,16,17,18,20);1-5H;4H,1-3H2,(H2,7,10,11);1H,(H2,7,8,9). The minimum Gasteiger partial charge on any atom is -0.477 e. The van der Waals surface area contributed by atoms with Crippen LogP contribution in [0.3, 0.4) is 0 Å². The molecule has 3 amide bonds. The summed E-state index contributed by atoms with van der Waals surface area (Å²) < 4.78 is 104. The highest BCUT2D eigenvalue weighted by molar-refractivity contribution is 7.90. The number of nitrogen functional groups attached to an aromatic ring is 1. The summed E-state index contributed by atoms with van der Waals surface area (Å²) in [5, 5.41) is 19.3. The summed E-state index contributed by atoms with van der Waals surface area (Å²) in [5.74, 6) is 1.02. The summed E-state index contributed by atoms with van der Waals surface area (Å²) in [4.78, 5) is 47.9. The van der Waals surface area contributed by atoms with E-state index in [2.05, 4.69) is 45.3 Å². The molecule has 3 aliphatic rings. The molecule has 0 saturated carbocycles. The highest BCUT2D eigenvalue weighted by Crippen LogP contribution is 2.29. The number of carbonyl (C=O) groups is 3. The second-order valence-corrected chi connectivity index (χ2v) is 21.7. The number of anilines is 2. The molecule has 0 atom stereocenters. The van der Waals surface area contributed by atoms with Crippen molar-refractivity contribution >= 4 is 118 Å². The minimum atomic E-state index is -4.19. The van der Waals surface area contributed by atoms with Crippen LogP contribution < -0.4 is 49.3 Å². The highest BCUT2D eigenvalue weighted by Gasteiger charge is 2.30. The molecule has 8 heterocycles. The molecule has 7 aromatic rings. The average molecular weight is 1240 g/mol. The van der Waals surface area contributed by atoms with Gasteiger partial charge in [-0.1, -0.05) is 82.8 Å². The zero-order chi connectivity index (χ0) is 56.6. The maximum absolute atomic E-state index is 12.3. The zero-order valence-electron chi connectivity index (χ0n) is 39.5. The normalized spacial score (nSPS) is 13.1. The van der Waals surface area contributed by atoms with Gasteiger partial charge in [0.25, 0.3) is 20.0 Å². The topological polar surface area (TPSA) is 393 Å². The number of aryl methyl sites for hydroxylation is 3. The van der Waals surface area contributed by atoms with E-state index in [4.69, 9.17) is 87.8 Å². The van der Waals surface area contributed by atoms with Crippen molar-refractivity contribution in [2.45, 2.75) is 53.6 Å². The molecule has 78 heavy (non-hydrogen) atoms. The number of nitrogens with zero attached hydrogens (tertiary/aromatic N) is 10. The molecular weight excluding hydrogens is 1200 g/mol. The SMILES string of the molecule is NS(=O)(=O)c1cnn2c1OCCC2.Nc1nc(Cl)cc(Cl)n1.O=C(Cl)Oc1ccccc1.O=C(NS(=O)(=O)c1cnn2c1OCCC2)Oc1ccccc1.O=C(Nc1nc(Cl)cc(Cl)n1)NS(=O)(=O)c1cnn2c1OCCC2. The Morgan fingerprint density at radius 1 is 0.564 bits per heavy atom. The second kappa shape index (κ2) is 27.3. The van der Waals surface area contributed by atoms with E-state index in [9.17, 15) is 39.6 Å². The Kier molecular flexibility index (Phi) is 21.0. The lowest BCUT2D eigenvalue weighted by molar-refractivity contribution is 0.206. The number of benzene rings is 2. The summed E-state index contributed by atoms with van der Waals surface area (Å²) in [6, 6.07) is 18.4. The largest absolute Gasteiger partial charge is 0.477 e. The fourth-order valence-corrected chi connectivity index (χ4v) is 9.70. The summed E-state index contributed by atoms with van der Waals surface area (Å²) >= 11 is 27.2. The van der Waals surface area contributed by atoms with Crippen LogP contribution >= 0.6 is 58.0 Å². The van der Waals surface area contributed by atoms with Gasteiger partial charge in [0.1, 0.15) is 32.1 Å². The molecule has 7 N–H and O–H groups in total. The van der Waals surface area contributed by atoms with Gasteiger partial charge in [-0.2, -0.15) is 15.3 Å². The minimum absolute atomic E-state index is 0.00717. The average Bonchev–Trinajstić information content (AvgIpc) is 4.18. The van der Waals surface area contributed by atoms with Crippen LogP contribution in [-0.4, -0.2) is 112 Å². The van der Waals surface area contributed by atoms with E-state index in [-0.39, 0.29) is 70.6 Å². The molecule has 0 bridgehead atoms. The van der Waals surface area contributed by atoms with Gasteiger partial charge < -0.3 is 29.4 Å². The van der Waals surface area contributed by atoms with Crippen molar-refractivity contribution in [1.29, 1.82) is 0 Å². The molecule has 10 rings (SSSR count). The molecule has 3 aliphatic heterocycles. The molecule has 0 spiro atoms. The first-order chi connectivity index (χ1) is 37.0. The number of rotatable bonds is 8. The maximum Gasteiger partial charge on any atom is 0.426 e. The van der Waals surface area contributed by atoms with Gasteiger partial charge in [-0.05, 0) is 24.3 Å². The maximum atomic E-state index is 12.3. The third-order valence-corrected chi connectivity index (χ3v) is 13.7. The molecule has 0 aliphatic carbocycles. The van der Waals surface area contributed by atoms with E-state index in [1.807, 2.05) is 15.5 Å². The molecule has 0 saturated heterocycles. The van der Waals surface area contributed by atoms with E-state index in [1.54, 1.807) is 42.5 Å². The summed E-state index contributed by atoms with van der Waals surface area (Å²) in [5.41, 5.74) is 4.35. The van der Waals surface area contributed by atoms with Crippen LogP contribution in [0.5, 0.6) is 29.1 Å². The number of hydrogen-bond donors (Lipinski definition) is 5. The molecule has 0 fully saturated rings. The van der Waals surface area contributed by atoms with Crippen molar-refractivity contribution in [1.82, 2.24) is 58.7 Å². The van der Waals surface area contributed by atoms with Gasteiger partial charge in [0.15, 0.2) is 14.7 Å². The van der Waals surface area contributed by atoms with E-state index < -0.39 is 47.6 Å². The van der Waals surface area contributed by atoms with Crippen molar-refractivity contribution in [3.05, 3.63) is 112 Å². The predicted octanol–water partition coefficient (Wildman–Crippen LogP) is 5.52. The number of primary sulfonamides is 1. The van der Waals surface area contributed by atoms with Gasteiger partial charge in [-0.15, -0.1) is 0 Å².